The van der Waals surface area contributed by atoms with E-state index in [0.29, 0.717) is 12.0 Å². The first-order valence-electron chi connectivity index (χ1n) is 5.83. The number of rotatable bonds is 5. The minimum atomic E-state index is -1.02. The Morgan fingerprint density at radius 1 is 1.33 bits per heavy atom. The van der Waals surface area contributed by atoms with Crippen molar-refractivity contribution in [1.82, 2.24) is 0 Å². The number of nitrogens with two attached hydrogens (primary N) is 1. The summed E-state index contributed by atoms with van der Waals surface area (Å²) in [5.41, 5.74) is 6.17. The third kappa shape index (κ3) is 3.37. The molecule has 0 radical (unpaired) electrons. The van der Waals surface area contributed by atoms with E-state index < -0.39 is 12.0 Å². The molecule has 5 N–H and O–H groups in total. The zero-order chi connectivity index (χ0) is 13.9. The van der Waals surface area contributed by atoms with Crippen LogP contribution in [0.5, 0.6) is 11.5 Å². The maximum atomic E-state index is 10.7. The first-order chi connectivity index (χ1) is 8.32. The van der Waals surface area contributed by atoms with Crippen molar-refractivity contribution in [1.29, 1.82) is 0 Å². The van der Waals surface area contributed by atoms with Crippen LogP contribution in [0.3, 0.4) is 0 Å². The van der Waals surface area contributed by atoms with Gasteiger partial charge in [-0.2, -0.15) is 0 Å². The van der Waals surface area contributed by atoms with Crippen molar-refractivity contribution in [2.24, 2.45) is 11.7 Å². The molecule has 5 nitrogen and oxygen atoms in total. The summed E-state index contributed by atoms with van der Waals surface area (Å²) in [7, 11) is 0. The Morgan fingerprint density at radius 2 is 1.94 bits per heavy atom. The number of carboxylic acid groups (broad SMARTS) is 1. The normalized spacial score (nSPS) is 15.9. The van der Waals surface area contributed by atoms with E-state index in [1.807, 2.05) is 13.8 Å². The minimum absolute atomic E-state index is 0.00154. The highest BCUT2D eigenvalue weighted by atomic mass is 16.4. The second-order valence-corrected chi connectivity index (χ2v) is 4.69. The minimum Gasteiger partial charge on any atom is -0.508 e. The van der Waals surface area contributed by atoms with E-state index in [4.69, 9.17) is 10.8 Å². The van der Waals surface area contributed by atoms with Gasteiger partial charge >= 0.3 is 5.97 Å². The van der Waals surface area contributed by atoms with E-state index in [0.717, 1.165) is 0 Å². The molecule has 0 bridgehead atoms. The summed E-state index contributed by atoms with van der Waals surface area (Å²) in [4.78, 5) is 10.7. The highest BCUT2D eigenvalue weighted by Crippen LogP contribution is 2.34. The van der Waals surface area contributed by atoms with Crippen molar-refractivity contribution in [3.8, 4) is 11.5 Å². The van der Waals surface area contributed by atoms with Crippen LogP contribution in [-0.2, 0) is 4.79 Å². The van der Waals surface area contributed by atoms with Gasteiger partial charge in [0.15, 0.2) is 0 Å². The van der Waals surface area contributed by atoms with Crippen molar-refractivity contribution in [3.05, 3.63) is 23.8 Å². The number of aromatic hydroxyl groups is 2. The van der Waals surface area contributed by atoms with Crippen LogP contribution in [0.15, 0.2) is 18.2 Å². The molecule has 100 valence electrons. The lowest BCUT2D eigenvalue weighted by atomic mass is 9.84. The van der Waals surface area contributed by atoms with E-state index in [9.17, 15) is 15.0 Å². The molecule has 0 fully saturated rings. The third-order valence-corrected chi connectivity index (χ3v) is 3.30. The summed E-state index contributed by atoms with van der Waals surface area (Å²) >= 11 is 0. The predicted molar refractivity (Wildman–Crippen MR) is 67.6 cm³/mol. The molecular formula is C13H19NO4. The lowest BCUT2D eigenvalue weighted by Gasteiger charge is -2.22. The van der Waals surface area contributed by atoms with E-state index in [1.165, 1.54) is 12.1 Å². The standard InChI is InChI=1S/C13H19NO4/c1-7(5-11(14)13(17)18)8(2)10-4-3-9(15)6-12(10)16/h3-4,6-8,11,15-16H,5,14H2,1-2H3,(H,17,18). The second-order valence-electron chi connectivity index (χ2n) is 4.69. The van der Waals surface area contributed by atoms with E-state index in [-0.39, 0.29) is 23.3 Å². The summed E-state index contributed by atoms with van der Waals surface area (Å²) in [6.45, 7) is 3.78. The average Bonchev–Trinajstić information content (AvgIpc) is 2.27. The molecule has 0 amide bonds. The number of carboxylic acids is 1. The van der Waals surface area contributed by atoms with E-state index in [2.05, 4.69) is 0 Å². The van der Waals surface area contributed by atoms with Crippen molar-refractivity contribution in [2.75, 3.05) is 0 Å². The summed E-state index contributed by atoms with van der Waals surface area (Å²) in [6.07, 6.45) is 0.330. The van der Waals surface area contributed by atoms with Gasteiger partial charge in [-0.1, -0.05) is 19.9 Å². The molecule has 0 saturated heterocycles. The number of aliphatic carboxylic acids is 1. The second kappa shape index (κ2) is 5.73. The van der Waals surface area contributed by atoms with Crippen LogP contribution in [0, 0.1) is 5.92 Å². The number of benzene rings is 1. The molecule has 0 aliphatic heterocycles. The first kappa shape index (κ1) is 14.3. The fraction of sp³-hybridized carbons (Fsp3) is 0.462. The van der Waals surface area contributed by atoms with Crippen molar-refractivity contribution >= 4 is 5.97 Å². The SMILES string of the molecule is CC(CC(N)C(=O)O)C(C)c1ccc(O)cc1O. The van der Waals surface area contributed by atoms with Gasteiger partial charge in [0, 0.05) is 6.07 Å². The Labute approximate surface area is 106 Å². The van der Waals surface area contributed by atoms with Gasteiger partial charge in [-0.15, -0.1) is 0 Å². The zero-order valence-electron chi connectivity index (χ0n) is 10.5. The molecule has 5 heteroatoms. The molecule has 0 aromatic heterocycles. The third-order valence-electron chi connectivity index (χ3n) is 3.30. The van der Waals surface area contributed by atoms with Gasteiger partial charge in [-0.3, -0.25) is 4.79 Å². The molecule has 1 aromatic rings. The summed E-state index contributed by atoms with van der Waals surface area (Å²) in [6, 6.07) is 3.50. The van der Waals surface area contributed by atoms with Gasteiger partial charge in [-0.05, 0) is 29.9 Å². The number of hydrogen-bond donors (Lipinski definition) is 4. The van der Waals surface area contributed by atoms with Crippen LogP contribution in [0.2, 0.25) is 0 Å². The van der Waals surface area contributed by atoms with Gasteiger partial charge in [0.1, 0.15) is 17.5 Å². The monoisotopic (exact) mass is 253 g/mol. The average molecular weight is 253 g/mol. The summed E-state index contributed by atoms with van der Waals surface area (Å²) < 4.78 is 0. The predicted octanol–water partition coefficient (Wildman–Crippen LogP) is 1.64. The van der Waals surface area contributed by atoms with Crippen molar-refractivity contribution < 1.29 is 20.1 Å². The summed E-state index contributed by atoms with van der Waals surface area (Å²) in [5.74, 6) is -1.05. The number of phenolic OH excluding ortho intramolecular Hbond substituents is 2. The fourth-order valence-corrected chi connectivity index (χ4v) is 1.93. The molecule has 18 heavy (non-hydrogen) atoms. The van der Waals surface area contributed by atoms with Gasteiger partial charge in [0.2, 0.25) is 0 Å². The summed E-state index contributed by atoms with van der Waals surface area (Å²) in [5, 5.41) is 27.7. The molecule has 0 aliphatic rings. The number of carbonyl (C=O) groups is 1. The van der Waals surface area contributed by atoms with Crippen LogP contribution >= 0.6 is 0 Å². The largest absolute Gasteiger partial charge is 0.508 e. The van der Waals surface area contributed by atoms with Crippen LogP contribution in [0.25, 0.3) is 0 Å². The topological polar surface area (TPSA) is 104 Å². The quantitative estimate of drug-likeness (QED) is 0.638. The zero-order valence-corrected chi connectivity index (χ0v) is 10.5. The Bertz CT molecular complexity index is 433. The van der Waals surface area contributed by atoms with Crippen LogP contribution in [0.4, 0.5) is 0 Å². The van der Waals surface area contributed by atoms with Gasteiger partial charge in [-0.25, -0.2) is 0 Å². The molecule has 3 atom stereocenters. The molecule has 0 aliphatic carbocycles. The number of phenols is 2. The first-order valence-corrected chi connectivity index (χ1v) is 5.83. The van der Waals surface area contributed by atoms with Gasteiger partial charge in [0.25, 0.3) is 0 Å². The van der Waals surface area contributed by atoms with E-state index >= 15 is 0 Å². The smallest absolute Gasteiger partial charge is 0.320 e. The van der Waals surface area contributed by atoms with Gasteiger partial charge in [0.05, 0.1) is 0 Å². The molecule has 0 saturated carbocycles. The van der Waals surface area contributed by atoms with Gasteiger partial charge < -0.3 is 21.1 Å². The highest BCUT2D eigenvalue weighted by molar-refractivity contribution is 5.73. The maximum absolute atomic E-state index is 10.7. The van der Waals surface area contributed by atoms with Crippen molar-refractivity contribution in [3.63, 3.8) is 0 Å². The van der Waals surface area contributed by atoms with Crippen LogP contribution in [-0.4, -0.2) is 27.3 Å². The van der Waals surface area contributed by atoms with Crippen LogP contribution in [0.1, 0.15) is 31.7 Å². The Morgan fingerprint density at radius 3 is 2.44 bits per heavy atom. The fourth-order valence-electron chi connectivity index (χ4n) is 1.93. The van der Waals surface area contributed by atoms with Crippen LogP contribution < -0.4 is 5.73 Å². The molecule has 0 spiro atoms. The molecule has 0 heterocycles. The van der Waals surface area contributed by atoms with E-state index in [1.54, 1.807) is 6.07 Å². The lowest BCUT2D eigenvalue weighted by molar-refractivity contribution is -0.138. The maximum Gasteiger partial charge on any atom is 0.320 e. The Hall–Kier alpha value is -1.75. The molecule has 1 aromatic carbocycles. The van der Waals surface area contributed by atoms with Crippen molar-refractivity contribution in [2.45, 2.75) is 32.2 Å². The molecule has 1 rings (SSSR count). The highest BCUT2D eigenvalue weighted by Gasteiger charge is 2.22. The lowest BCUT2D eigenvalue weighted by Crippen LogP contribution is -2.32. The molecule has 3 unspecified atom stereocenters. The Kier molecular flexibility index (Phi) is 4.55. The molecular weight excluding hydrogens is 234 g/mol. The number of hydrogen-bond acceptors (Lipinski definition) is 4. The Balaban J connectivity index is 2.80.